The molecule has 0 unspecified atom stereocenters. The third-order valence-corrected chi connectivity index (χ3v) is 3.47. The van der Waals surface area contributed by atoms with Gasteiger partial charge >= 0.3 is 0 Å². The smallest absolute Gasteiger partial charge is 0.0202 e. The average molecular weight is 238 g/mol. The lowest BCUT2D eigenvalue weighted by Crippen LogP contribution is -2.02. The topological polar surface area (TPSA) is 12.0 Å². The lowest BCUT2D eigenvalue weighted by atomic mass is 10.1. The highest BCUT2D eigenvalue weighted by Crippen LogP contribution is 2.27. The molecule has 0 radical (unpaired) electrons. The highest BCUT2D eigenvalue weighted by Gasteiger charge is 1.99. The fourth-order valence-corrected chi connectivity index (χ4v) is 2.67. The summed E-state index contributed by atoms with van der Waals surface area (Å²) in [6, 6.07) is 14.8. The van der Waals surface area contributed by atoms with Crippen molar-refractivity contribution < 1.29 is 0 Å². The molecule has 2 aromatic carbocycles. The molecule has 1 N–H and O–H groups in total. The van der Waals surface area contributed by atoms with Gasteiger partial charge in [-0.15, -0.1) is 11.8 Å². The number of thioether (sulfide) groups is 1. The van der Waals surface area contributed by atoms with Crippen LogP contribution in [0, 0.1) is 0 Å². The van der Waals surface area contributed by atoms with Crippen molar-refractivity contribution in [3.8, 4) is 0 Å². The number of rotatable bonds is 4. The zero-order valence-corrected chi connectivity index (χ0v) is 9.81. The zero-order chi connectivity index (χ0) is 10.5. The lowest BCUT2D eigenvalue weighted by Gasteiger charge is -2.05. The van der Waals surface area contributed by atoms with Crippen molar-refractivity contribution in [2.45, 2.75) is 4.90 Å². The number of hydrogen-bond donors (Lipinski definition) is 1. The predicted octanol–water partition coefficient (Wildman–Crippen LogP) is 3.68. The van der Waals surface area contributed by atoms with Gasteiger partial charge in [0.05, 0.1) is 0 Å². The second-order valence-electron chi connectivity index (χ2n) is 3.21. The second kappa shape index (κ2) is 5.40. The van der Waals surface area contributed by atoms with Gasteiger partial charge in [-0.25, -0.2) is 4.84 Å². The van der Waals surface area contributed by atoms with E-state index in [1.165, 1.54) is 15.7 Å². The summed E-state index contributed by atoms with van der Waals surface area (Å²) in [4.78, 5) is 3.96. The Bertz CT molecular complexity index is 439. The van der Waals surface area contributed by atoms with E-state index in [0.29, 0.717) is 0 Å². The van der Waals surface area contributed by atoms with Crippen LogP contribution >= 0.6 is 23.5 Å². The highest BCUT2D eigenvalue weighted by atomic mass is 35.5. The SMILES string of the molecule is ClNCCSc1cccc2ccccc12. The third-order valence-electron chi connectivity index (χ3n) is 2.20. The van der Waals surface area contributed by atoms with Crippen molar-refractivity contribution in [2.75, 3.05) is 12.3 Å². The fraction of sp³-hybridized carbons (Fsp3) is 0.167. The Kier molecular flexibility index (Phi) is 3.89. The molecule has 1 nitrogen and oxygen atoms in total. The Hall–Kier alpha value is -0.700. The highest BCUT2D eigenvalue weighted by molar-refractivity contribution is 7.99. The largest absolute Gasteiger partial charge is 0.233 e. The first-order chi connectivity index (χ1) is 7.42. The van der Waals surface area contributed by atoms with Gasteiger partial charge in [-0.05, 0) is 28.6 Å². The van der Waals surface area contributed by atoms with Crippen molar-refractivity contribution >= 4 is 34.3 Å². The van der Waals surface area contributed by atoms with Crippen LogP contribution in [0.25, 0.3) is 10.8 Å². The van der Waals surface area contributed by atoms with Gasteiger partial charge in [0, 0.05) is 17.2 Å². The Labute approximate surface area is 98.9 Å². The van der Waals surface area contributed by atoms with Crippen LogP contribution in [0.3, 0.4) is 0 Å². The van der Waals surface area contributed by atoms with E-state index in [4.69, 9.17) is 11.8 Å². The molecule has 0 bridgehead atoms. The number of hydrogen-bond acceptors (Lipinski definition) is 2. The minimum absolute atomic E-state index is 0.815. The van der Waals surface area contributed by atoms with Gasteiger partial charge in [0.25, 0.3) is 0 Å². The molecule has 0 aliphatic carbocycles. The van der Waals surface area contributed by atoms with Gasteiger partial charge in [-0.1, -0.05) is 36.4 Å². The molecule has 0 atom stereocenters. The summed E-state index contributed by atoms with van der Waals surface area (Å²) in [6.45, 7) is 0.815. The van der Waals surface area contributed by atoms with E-state index in [1.807, 2.05) is 11.8 Å². The minimum atomic E-state index is 0.815. The van der Waals surface area contributed by atoms with E-state index in [0.717, 1.165) is 12.3 Å². The van der Waals surface area contributed by atoms with E-state index in [2.05, 4.69) is 47.3 Å². The van der Waals surface area contributed by atoms with E-state index in [1.54, 1.807) is 0 Å². The first-order valence-electron chi connectivity index (χ1n) is 4.86. The zero-order valence-electron chi connectivity index (χ0n) is 8.24. The van der Waals surface area contributed by atoms with E-state index in [-0.39, 0.29) is 0 Å². The quantitative estimate of drug-likeness (QED) is 0.495. The molecular weight excluding hydrogens is 226 g/mol. The molecule has 0 spiro atoms. The number of fused-ring (bicyclic) bond motifs is 1. The van der Waals surface area contributed by atoms with Gasteiger partial charge in [0.2, 0.25) is 0 Å². The van der Waals surface area contributed by atoms with Crippen LogP contribution in [-0.2, 0) is 0 Å². The van der Waals surface area contributed by atoms with Gasteiger partial charge in [-0.2, -0.15) is 0 Å². The second-order valence-corrected chi connectivity index (χ2v) is 4.61. The third kappa shape index (κ3) is 2.65. The molecule has 0 aromatic heterocycles. The predicted molar refractivity (Wildman–Crippen MR) is 68.5 cm³/mol. The van der Waals surface area contributed by atoms with Crippen molar-refractivity contribution in [2.24, 2.45) is 0 Å². The molecule has 78 valence electrons. The molecule has 15 heavy (non-hydrogen) atoms. The maximum atomic E-state index is 5.42. The fourth-order valence-electron chi connectivity index (χ4n) is 1.52. The molecule has 0 heterocycles. The molecule has 0 saturated carbocycles. The molecule has 3 heteroatoms. The normalized spacial score (nSPS) is 10.7. The molecule has 0 amide bonds. The first kappa shape index (κ1) is 10.8. The summed E-state index contributed by atoms with van der Waals surface area (Å²) in [5, 5.41) is 2.61. The van der Waals surface area contributed by atoms with Gasteiger partial charge < -0.3 is 0 Å². The summed E-state index contributed by atoms with van der Waals surface area (Å²) in [5.41, 5.74) is 0. The van der Waals surface area contributed by atoms with Crippen molar-refractivity contribution in [3.63, 3.8) is 0 Å². The summed E-state index contributed by atoms with van der Waals surface area (Å²) < 4.78 is 0. The summed E-state index contributed by atoms with van der Waals surface area (Å²) >= 11 is 7.25. The average Bonchev–Trinajstić information content (AvgIpc) is 2.30. The Balaban J connectivity index is 2.26. The Morgan fingerprint density at radius 3 is 2.73 bits per heavy atom. The van der Waals surface area contributed by atoms with Crippen molar-refractivity contribution in [1.29, 1.82) is 0 Å². The van der Waals surface area contributed by atoms with Gasteiger partial charge in [0.15, 0.2) is 0 Å². The summed E-state index contributed by atoms with van der Waals surface area (Å²) in [7, 11) is 0. The van der Waals surface area contributed by atoms with Crippen LogP contribution in [0.4, 0.5) is 0 Å². The number of benzene rings is 2. The maximum absolute atomic E-state index is 5.42. The van der Waals surface area contributed by atoms with E-state index < -0.39 is 0 Å². The first-order valence-corrected chi connectivity index (χ1v) is 6.22. The monoisotopic (exact) mass is 237 g/mol. The van der Waals surface area contributed by atoms with Crippen molar-refractivity contribution in [1.82, 2.24) is 4.84 Å². The summed E-state index contributed by atoms with van der Waals surface area (Å²) in [6.07, 6.45) is 0. The molecule has 2 aromatic rings. The van der Waals surface area contributed by atoms with Crippen LogP contribution in [-0.4, -0.2) is 12.3 Å². The van der Waals surface area contributed by atoms with Gasteiger partial charge in [0.1, 0.15) is 0 Å². The lowest BCUT2D eigenvalue weighted by molar-refractivity contribution is 1.03. The Morgan fingerprint density at radius 1 is 1.07 bits per heavy atom. The van der Waals surface area contributed by atoms with Crippen LogP contribution in [0.1, 0.15) is 0 Å². The molecule has 0 aliphatic rings. The van der Waals surface area contributed by atoms with Crippen LogP contribution < -0.4 is 4.84 Å². The minimum Gasteiger partial charge on any atom is -0.233 e. The molecule has 0 saturated heterocycles. The Morgan fingerprint density at radius 2 is 1.87 bits per heavy atom. The molecule has 0 fully saturated rings. The van der Waals surface area contributed by atoms with Crippen molar-refractivity contribution in [3.05, 3.63) is 42.5 Å². The maximum Gasteiger partial charge on any atom is 0.0202 e. The molecule has 2 rings (SSSR count). The number of nitrogens with one attached hydrogen (secondary N) is 1. The van der Waals surface area contributed by atoms with E-state index in [9.17, 15) is 0 Å². The van der Waals surface area contributed by atoms with Gasteiger partial charge in [-0.3, -0.25) is 0 Å². The molecule has 0 aliphatic heterocycles. The standard InChI is InChI=1S/C12H12ClNS/c13-14-8-9-15-12-7-3-5-10-4-1-2-6-11(10)12/h1-7,14H,8-9H2. The van der Waals surface area contributed by atoms with E-state index >= 15 is 0 Å². The van der Waals surface area contributed by atoms with Crippen LogP contribution in [0.15, 0.2) is 47.4 Å². The molecular formula is C12H12ClNS. The number of halogens is 1. The van der Waals surface area contributed by atoms with Crippen LogP contribution in [0.5, 0.6) is 0 Å². The van der Waals surface area contributed by atoms with Crippen LogP contribution in [0.2, 0.25) is 0 Å². The summed E-state index contributed by atoms with van der Waals surface area (Å²) in [5.74, 6) is 0.984.